The maximum atomic E-state index is 12.6. The molecule has 2 heterocycles. The van der Waals surface area contributed by atoms with Crippen LogP contribution < -0.4 is 4.80 Å². The molecule has 0 saturated carbocycles. The molecule has 12 heteroatoms. The highest BCUT2D eigenvalue weighted by Crippen LogP contribution is 2.22. The van der Waals surface area contributed by atoms with Gasteiger partial charge in [0.2, 0.25) is 5.91 Å². The number of aromatic nitrogens is 1. The van der Waals surface area contributed by atoms with E-state index < -0.39 is 0 Å². The number of carbonyl (C=O) groups is 3. The lowest BCUT2D eigenvalue weighted by atomic mass is 10.3. The van der Waals surface area contributed by atoms with Gasteiger partial charge in [-0.15, -0.1) is 11.8 Å². The summed E-state index contributed by atoms with van der Waals surface area (Å²) in [4.78, 5) is 45.1. The second-order valence-electron chi connectivity index (χ2n) is 7.41. The summed E-state index contributed by atoms with van der Waals surface area (Å²) in [6, 6.07) is 5.97. The number of ether oxygens (including phenoxy) is 2. The predicted octanol–water partition coefficient (Wildman–Crippen LogP) is 2.96. The number of hydrogen-bond donors (Lipinski definition) is 0. The van der Waals surface area contributed by atoms with Gasteiger partial charge in [-0.2, -0.15) is 4.99 Å². The highest BCUT2D eigenvalue weighted by molar-refractivity contribution is 9.10. The Bertz CT molecular complexity index is 1080. The van der Waals surface area contributed by atoms with E-state index in [0.717, 1.165) is 14.7 Å². The zero-order valence-electron chi connectivity index (χ0n) is 19.3. The molecular weight excluding hydrogens is 544 g/mol. The van der Waals surface area contributed by atoms with Crippen molar-refractivity contribution in [1.29, 1.82) is 0 Å². The molecule has 3 amide bonds. The van der Waals surface area contributed by atoms with E-state index in [1.165, 1.54) is 23.1 Å². The van der Waals surface area contributed by atoms with Crippen LogP contribution in [0, 0.1) is 0 Å². The van der Waals surface area contributed by atoms with Gasteiger partial charge in [0.15, 0.2) is 4.80 Å². The Morgan fingerprint density at radius 3 is 2.53 bits per heavy atom. The van der Waals surface area contributed by atoms with Crippen LogP contribution in [0.1, 0.15) is 13.8 Å². The van der Waals surface area contributed by atoms with Crippen molar-refractivity contribution in [1.82, 2.24) is 14.4 Å². The van der Waals surface area contributed by atoms with Crippen LogP contribution in [0.5, 0.6) is 0 Å². The third-order valence-electron chi connectivity index (χ3n) is 5.14. The molecule has 186 valence electrons. The molecule has 3 rings (SSSR count). The third kappa shape index (κ3) is 7.30. The summed E-state index contributed by atoms with van der Waals surface area (Å²) in [7, 11) is 0. The minimum absolute atomic E-state index is 0.0419. The summed E-state index contributed by atoms with van der Waals surface area (Å²) in [5, 5.41) is 0. The first-order chi connectivity index (χ1) is 16.4. The number of hydrogen-bond acceptors (Lipinski definition) is 7. The van der Waals surface area contributed by atoms with Gasteiger partial charge in [-0.1, -0.05) is 27.3 Å². The normalized spacial score (nSPS) is 14.6. The number of piperazine rings is 1. The molecule has 0 bridgehead atoms. The predicted molar refractivity (Wildman–Crippen MR) is 137 cm³/mol. The van der Waals surface area contributed by atoms with E-state index in [1.807, 2.05) is 29.7 Å². The molecule has 1 aliphatic heterocycles. The van der Waals surface area contributed by atoms with Crippen LogP contribution in [0.4, 0.5) is 4.79 Å². The van der Waals surface area contributed by atoms with Crippen molar-refractivity contribution < 1.29 is 23.9 Å². The van der Waals surface area contributed by atoms with Crippen LogP contribution in [0.25, 0.3) is 10.2 Å². The average molecular weight is 574 g/mol. The molecule has 0 N–H and O–H groups in total. The largest absolute Gasteiger partial charge is 0.450 e. The van der Waals surface area contributed by atoms with Gasteiger partial charge in [-0.25, -0.2) is 4.79 Å². The summed E-state index contributed by atoms with van der Waals surface area (Å²) in [5.74, 6) is 0.00276. The first kappa shape index (κ1) is 26.7. The van der Waals surface area contributed by atoms with Gasteiger partial charge in [-0.3, -0.25) is 9.59 Å². The molecule has 1 aromatic carbocycles. The number of thiazole rings is 1. The van der Waals surface area contributed by atoms with Gasteiger partial charge in [0.25, 0.3) is 5.91 Å². The summed E-state index contributed by atoms with van der Waals surface area (Å²) in [6.07, 6.45) is -0.344. The molecule has 2 aromatic rings. The highest BCUT2D eigenvalue weighted by Gasteiger charge is 2.24. The van der Waals surface area contributed by atoms with Gasteiger partial charge < -0.3 is 23.8 Å². The summed E-state index contributed by atoms with van der Waals surface area (Å²) in [5.41, 5.74) is 1.00. The molecule has 9 nitrogen and oxygen atoms in total. The van der Waals surface area contributed by atoms with E-state index in [-0.39, 0.29) is 29.4 Å². The van der Waals surface area contributed by atoms with Crippen LogP contribution in [0.2, 0.25) is 0 Å². The molecule has 0 atom stereocenters. The summed E-state index contributed by atoms with van der Waals surface area (Å²) in [6.45, 7) is 7.64. The van der Waals surface area contributed by atoms with Crippen molar-refractivity contribution in [3.8, 4) is 0 Å². The first-order valence-electron chi connectivity index (χ1n) is 11.1. The van der Waals surface area contributed by atoms with Gasteiger partial charge in [-0.05, 0) is 32.0 Å². The number of benzene rings is 1. The van der Waals surface area contributed by atoms with Gasteiger partial charge in [0.1, 0.15) is 0 Å². The van der Waals surface area contributed by atoms with Gasteiger partial charge >= 0.3 is 6.09 Å². The molecule has 0 aliphatic carbocycles. The molecule has 1 aliphatic rings. The molecule has 0 unspecified atom stereocenters. The fraction of sp³-hybridized carbons (Fsp3) is 0.545. The molecule has 0 spiro atoms. The maximum absolute atomic E-state index is 12.6. The summed E-state index contributed by atoms with van der Waals surface area (Å²) < 4.78 is 14.5. The maximum Gasteiger partial charge on any atom is 0.409 e. The zero-order chi connectivity index (χ0) is 24.5. The Balaban J connectivity index is 1.55. The molecule has 1 aromatic heterocycles. The van der Waals surface area contributed by atoms with Crippen molar-refractivity contribution in [3.63, 3.8) is 0 Å². The monoisotopic (exact) mass is 572 g/mol. The quantitative estimate of drug-likeness (QED) is 0.429. The van der Waals surface area contributed by atoms with Crippen molar-refractivity contribution in [2.45, 2.75) is 20.4 Å². The van der Waals surface area contributed by atoms with E-state index in [2.05, 4.69) is 20.9 Å². The number of thioether (sulfide) groups is 1. The Morgan fingerprint density at radius 1 is 1.09 bits per heavy atom. The number of fused-ring (bicyclic) bond motifs is 1. The number of halogens is 1. The fourth-order valence-electron chi connectivity index (χ4n) is 3.46. The molecule has 1 fully saturated rings. The second-order valence-corrected chi connectivity index (χ2v) is 10.3. The Kier molecular flexibility index (Phi) is 10.4. The Labute approximate surface area is 215 Å². The molecule has 34 heavy (non-hydrogen) atoms. The molecular formula is C22H29BrN4O5S2. The lowest BCUT2D eigenvalue weighted by Crippen LogP contribution is -2.51. The number of carbonyl (C=O) groups excluding carboxylic acids is 3. The SMILES string of the molecule is CCOCCn1c(=NC(=O)CSCC(=O)N2CCN(C(=O)OCC)CC2)sc2cc(Br)ccc21. The Morgan fingerprint density at radius 2 is 1.82 bits per heavy atom. The molecule has 1 saturated heterocycles. The van der Waals surface area contributed by atoms with Gasteiger partial charge in [0.05, 0.1) is 34.9 Å². The highest BCUT2D eigenvalue weighted by atomic mass is 79.9. The van der Waals surface area contributed by atoms with Crippen molar-refractivity contribution >= 4 is 67.2 Å². The summed E-state index contributed by atoms with van der Waals surface area (Å²) >= 11 is 6.20. The number of amides is 3. The standard InChI is InChI=1S/C22H29BrN4O5S2/c1-3-31-12-11-27-17-6-5-16(23)13-18(17)34-21(27)24-19(28)14-33-15-20(29)25-7-9-26(10-8-25)22(30)32-4-2/h5-6,13H,3-4,7-12,14-15H2,1-2H3. The van der Waals surface area contributed by atoms with E-state index in [0.29, 0.717) is 57.3 Å². The van der Waals surface area contributed by atoms with Crippen LogP contribution >= 0.6 is 39.0 Å². The van der Waals surface area contributed by atoms with E-state index in [1.54, 1.807) is 16.7 Å². The lowest BCUT2D eigenvalue weighted by molar-refractivity contribution is -0.129. The molecule has 0 radical (unpaired) electrons. The average Bonchev–Trinajstić information content (AvgIpc) is 3.15. The smallest absolute Gasteiger partial charge is 0.409 e. The lowest BCUT2D eigenvalue weighted by Gasteiger charge is -2.34. The van der Waals surface area contributed by atoms with Crippen molar-refractivity contribution in [3.05, 3.63) is 27.5 Å². The minimum atomic E-state index is -0.344. The third-order valence-corrected chi connectivity index (χ3v) is 7.57. The second kappa shape index (κ2) is 13.3. The Hall–Kier alpha value is -1.89. The van der Waals surface area contributed by atoms with E-state index >= 15 is 0 Å². The van der Waals surface area contributed by atoms with Crippen LogP contribution in [-0.4, -0.2) is 89.8 Å². The fourth-order valence-corrected chi connectivity index (χ4v) is 5.78. The van der Waals surface area contributed by atoms with E-state index in [9.17, 15) is 14.4 Å². The van der Waals surface area contributed by atoms with Crippen LogP contribution in [0.3, 0.4) is 0 Å². The van der Waals surface area contributed by atoms with Crippen LogP contribution in [-0.2, 0) is 25.6 Å². The first-order valence-corrected chi connectivity index (χ1v) is 13.9. The van der Waals surface area contributed by atoms with Crippen molar-refractivity contribution in [2.75, 3.05) is 57.5 Å². The number of rotatable bonds is 9. The minimum Gasteiger partial charge on any atom is -0.450 e. The number of nitrogens with zero attached hydrogens (tertiary/aromatic N) is 4. The van der Waals surface area contributed by atoms with Crippen LogP contribution in [0.15, 0.2) is 27.7 Å². The zero-order valence-corrected chi connectivity index (χ0v) is 22.5. The van der Waals surface area contributed by atoms with E-state index in [4.69, 9.17) is 9.47 Å². The topological polar surface area (TPSA) is 93.4 Å². The van der Waals surface area contributed by atoms with Crippen molar-refractivity contribution in [2.24, 2.45) is 4.99 Å². The van der Waals surface area contributed by atoms with Gasteiger partial charge in [0, 0.05) is 43.8 Å².